The molecule has 190 valence electrons. The number of phosphoric acid groups is 1. The number of esters is 1. The molecule has 0 radical (unpaired) electrons. The predicted octanol–water partition coefficient (Wildman–Crippen LogP) is 5.93. The second-order valence-electron chi connectivity index (χ2n) is 7.81. The van der Waals surface area contributed by atoms with Crippen molar-refractivity contribution in [2.75, 3.05) is 13.2 Å². The van der Waals surface area contributed by atoms with Crippen LogP contribution in [0.1, 0.15) is 84.0 Å². The van der Waals surface area contributed by atoms with Crippen LogP contribution >= 0.6 is 7.82 Å². The van der Waals surface area contributed by atoms with Crippen LogP contribution in [0.5, 0.6) is 0 Å². The molecule has 1 atom stereocenters. The fourth-order valence-corrected chi connectivity index (χ4v) is 3.13. The van der Waals surface area contributed by atoms with Gasteiger partial charge < -0.3 is 19.6 Å². The van der Waals surface area contributed by atoms with Crippen molar-refractivity contribution in [2.24, 2.45) is 0 Å². The zero-order valence-electron chi connectivity index (χ0n) is 20.0. The summed E-state index contributed by atoms with van der Waals surface area (Å²) in [7, 11) is -4.63. The lowest BCUT2D eigenvalue weighted by molar-refractivity contribution is -0.147. The molecule has 0 aliphatic heterocycles. The van der Waals surface area contributed by atoms with E-state index in [9.17, 15) is 14.5 Å². The van der Waals surface area contributed by atoms with Gasteiger partial charge in [0.15, 0.2) is 0 Å². The first-order chi connectivity index (χ1) is 15.8. The van der Waals surface area contributed by atoms with Gasteiger partial charge in [0.05, 0.1) is 6.61 Å². The van der Waals surface area contributed by atoms with Crippen LogP contribution < -0.4 is 0 Å². The standard InChI is InChI=1S/C25H43O7P/c1-2-3-4-5-6-7-8-9-10-11-12-13-14-15-16-17-18-19-20-21-25(27)31-22-24(26)23-32-33(28,29)30/h6-7,9-10,12-13,15-16,24,26H,2-5,8,11,14,17-23H2,1H3,(H2,28,29,30)/b7-6-,10-9-,13-12-,16-15-. The van der Waals surface area contributed by atoms with Crippen LogP contribution in [0.2, 0.25) is 0 Å². The van der Waals surface area contributed by atoms with Crippen LogP contribution in [0.4, 0.5) is 0 Å². The molecule has 0 aromatic rings. The van der Waals surface area contributed by atoms with E-state index < -0.39 is 26.5 Å². The van der Waals surface area contributed by atoms with E-state index in [4.69, 9.17) is 14.5 Å². The number of aliphatic hydroxyl groups is 1. The number of rotatable bonds is 21. The molecule has 7 nitrogen and oxygen atoms in total. The number of allylic oxidation sites excluding steroid dienone is 8. The van der Waals surface area contributed by atoms with Crippen LogP contribution in [0, 0.1) is 0 Å². The van der Waals surface area contributed by atoms with Gasteiger partial charge in [0, 0.05) is 6.42 Å². The molecule has 0 aromatic heterocycles. The molecule has 8 heteroatoms. The number of unbranched alkanes of at least 4 members (excludes halogenated alkanes) is 6. The Morgan fingerprint density at radius 2 is 1.30 bits per heavy atom. The molecule has 0 rings (SSSR count). The third kappa shape index (κ3) is 26.6. The average Bonchev–Trinajstić information content (AvgIpc) is 2.77. The van der Waals surface area contributed by atoms with Crippen molar-refractivity contribution in [3.05, 3.63) is 48.6 Å². The molecule has 0 heterocycles. The summed E-state index contributed by atoms with van der Waals surface area (Å²) in [5.74, 6) is -0.442. The van der Waals surface area contributed by atoms with E-state index in [1.165, 1.54) is 25.7 Å². The van der Waals surface area contributed by atoms with Gasteiger partial charge in [-0.2, -0.15) is 0 Å². The second-order valence-corrected chi connectivity index (χ2v) is 9.05. The maximum atomic E-state index is 11.6. The fourth-order valence-electron chi connectivity index (χ4n) is 2.76. The predicted molar refractivity (Wildman–Crippen MR) is 133 cm³/mol. The Morgan fingerprint density at radius 3 is 1.82 bits per heavy atom. The first-order valence-corrected chi connectivity index (χ1v) is 13.5. The molecule has 0 aliphatic carbocycles. The zero-order chi connectivity index (χ0) is 24.6. The molecular formula is C25H43O7P. The number of hydrogen-bond donors (Lipinski definition) is 3. The maximum absolute atomic E-state index is 11.6. The topological polar surface area (TPSA) is 113 Å². The second kappa shape index (κ2) is 22.3. The molecule has 0 aliphatic rings. The smallest absolute Gasteiger partial charge is 0.463 e. The summed E-state index contributed by atoms with van der Waals surface area (Å²) in [4.78, 5) is 28.6. The lowest BCUT2D eigenvalue weighted by Gasteiger charge is -2.12. The molecule has 3 N–H and O–H groups in total. The van der Waals surface area contributed by atoms with Crippen molar-refractivity contribution in [1.82, 2.24) is 0 Å². The minimum atomic E-state index is -4.63. The molecule has 1 unspecified atom stereocenters. The van der Waals surface area contributed by atoms with E-state index >= 15 is 0 Å². The Balaban J connectivity index is 3.54. The average molecular weight is 487 g/mol. The Kier molecular flexibility index (Phi) is 21.3. The molecule has 0 fully saturated rings. The molecule has 0 saturated heterocycles. The van der Waals surface area contributed by atoms with Crippen molar-refractivity contribution in [3.8, 4) is 0 Å². The Labute approximate surface area is 199 Å². The van der Waals surface area contributed by atoms with Crippen molar-refractivity contribution in [2.45, 2.75) is 90.1 Å². The first-order valence-electron chi connectivity index (χ1n) is 12.0. The van der Waals surface area contributed by atoms with Gasteiger partial charge in [-0.05, 0) is 51.4 Å². The monoisotopic (exact) mass is 486 g/mol. The van der Waals surface area contributed by atoms with E-state index in [2.05, 4.69) is 60.1 Å². The molecule has 0 bridgehead atoms. The number of carbonyl (C=O) groups excluding carboxylic acids is 1. The fraction of sp³-hybridized carbons (Fsp3) is 0.640. The first kappa shape index (κ1) is 31.5. The molecule has 33 heavy (non-hydrogen) atoms. The normalized spacial score (nSPS) is 13.7. The Hall–Kier alpha value is -1.50. The summed E-state index contributed by atoms with van der Waals surface area (Å²) >= 11 is 0. The van der Waals surface area contributed by atoms with Crippen LogP contribution in [0.15, 0.2) is 48.6 Å². The molecular weight excluding hydrogens is 443 g/mol. The van der Waals surface area contributed by atoms with Crippen LogP contribution in [-0.2, 0) is 18.6 Å². The van der Waals surface area contributed by atoms with Crippen LogP contribution in [0.3, 0.4) is 0 Å². The van der Waals surface area contributed by atoms with Crippen molar-refractivity contribution in [1.29, 1.82) is 0 Å². The van der Waals surface area contributed by atoms with Crippen LogP contribution in [0.25, 0.3) is 0 Å². The van der Waals surface area contributed by atoms with Gasteiger partial charge in [-0.15, -0.1) is 0 Å². The molecule has 0 saturated carbocycles. The summed E-state index contributed by atoms with van der Waals surface area (Å²) in [6.07, 6.45) is 28.0. The molecule has 0 aromatic carbocycles. The number of ether oxygens (including phenoxy) is 1. The lowest BCUT2D eigenvalue weighted by Crippen LogP contribution is -2.23. The summed E-state index contributed by atoms with van der Waals surface area (Å²) in [5, 5.41) is 9.43. The van der Waals surface area contributed by atoms with Gasteiger partial charge in [0.25, 0.3) is 0 Å². The minimum Gasteiger partial charge on any atom is -0.463 e. The minimum absolute atomic E-state index is 0.251. The SMILES string of the molecule is CCCCC/C=C\C/C=C\C/C=C\C/C=C\CCCCCC(=O)OCC(O)COP(=O)(O)O. The highest BCUT2D eigenvalue weighted by Crippen LogP contribution is 2.35. The largest absolute Gasteiger partial charge is 0.469 e. The summed E-state index contributed by atoms with van der Waals surface area (Å²) in [6, 6.07) is 0. The highest BCUT2D eigenvalue weighted by atomic mass is 31.2. The van der Waals surface area contributed by atoms with Crippen molar-refractivity contribution >= 4 is 13.8 Å². The van der Waals surface area contributed by atoms with Crippen molar-refractivity contribution < 1.29 is 33.5 Å². The Morgan fingerprint density at radius 1 is 0.788 bits per heavy atom. The van der Waals surface area contributed by atoms with Gasteiger partial charge >= 0.3 is 13.8 Å². The number of hydrogen-bond acceptors (Lipinski definition) is 5. The van der Waals surface area contributed by atoms with Gasteiger partial charge in [-0.25, -0.2) is 4.57 Å². The van der Waals surface area contributed by atoms with Crippen LogP contribution in [-0.4, -0.2) is 40.2 Å². The molecule has 0 amide bonds. The zero-order valence-corrected chi connectivity index (χ0v) is 20.9. The van der Waals surface area contributed by atoms with Gasteiger partial charge in [-0.3, -0.25) is 9.32 Å². The lowest BCUT2D eigenvalue weighted by atomic mass is 10.1. The van der Waals surface area contributed by atoms with Gasteiger partial charge in [-0.1, -0.05) is 74.8 Å². The highest BCUT2D eigenvalue weighted by molar-refractivity contribution is 7.46. The summed E-state index contributed by atoms with van der Waals surface area (Å²) in [5.41, 5.74) is 0. The van der Waals surface area contributed by atoms with E-state index in [1.807, 2.05) is 0 Å². The Bertz CT molecular complexity index is 635. The van der Waals surface area contributed by atoms with Crippen molar-refractivity contribution in [3.63, 3.8) is 0 Å². The van der Waals surface area contributed by atoms with E-state index in [0.717, 1.165) is 38.5 Å². The third-order valence-corrected chi connectivity index (χ3v) is 5.07. The maximum Gasteiger partial charge on any atom is 0.469 e. The van der Waals surface area contributed by atoms with E-state index in [0.29, 0.717) is 6.42 Å². The number of phosphoric ester groups is 1. The van der Waals surface area contributed by atoms with Gasteiger partial charge in [0.1, 0.15) is 12.7 Å². The number of carbonyl (C=O) groups is 1. The highest BCUT2D eigenvalue weighted by Gasteiger charge is 2.17. The number of aliphatic hydroxyl groups excluding tert-OH is 1. The summed E-state index contributed by atoms with van der Waals surface area (Å²) < 4.78 is 19.5. The quantitative estimate of drug-likeness (QED) is 0.0798. The van der Waals surface area contributed by atoms with E-state index in [-0.39, 0.29) is 13.0 Å². The van der Waals surface area contributed by atoms with Gasteiger partial charge in [0.2, 0.25) is 0 Å². The molecule has 0 spiro atoms. The third-order valence-electron chi connectivity index (χ3n) is 4.58. The van der Waals surface area contributed by atoms with E-state index in [1.54, 1.807) is 0 Å². The summed E-state index contributed by atoms with van der Waals surface area (Å²) in [6.45, 7) is 1.29.